The largest absolute Gasteiger partial charge is 0.360 e. The van der Waals surface area contributed by atoms with Crippen LogP contribution in [0.4, 0.5) is 4.39 Å². The van der Waals surface area contributed by atoms with E-state index in [1.165, 1.54) is 23.9 Å². The number of fused-ring (bicyclic) bond motifs is 1. The summed E-state index contributed by atoms with van der Waals surface area (Å²) in [6.45, 7) is 0.440. The first-order valence-corrected chi connectivity index (χ1v) is 11.2. The maximum atomic E-state index is 13.1. The molecule has 0 radical (unpaired) electrons. The van der Waals surface area contributed by atoms with Crippen molar-refractivity contribution in [1.29, 1.82) is 0 Å². The van der Waals surface area contributed by atoms with Crippen LogP contribution in [-0.2, 0) is 11.3 Å². The molecule has 31 heavy (non-hydrogen) atoms. The zero-order valence-electron chi connectivity index (χ0n) is 17.1. The summed E-state index contributed by atoms with van der Waals surface area (Å²) in [5.41, 5.74) is 2.99. The summed E-state index contributed by atoms with van der Waals surface area (Å²) >= 11 is 1.42. The van der Waals surface area contributed by atoms with Gasteiger partial charge in [-0.25, -0.2) is 4.39 Å². The molecular weight excluding hydrogens is 413 g/mol. The van der Waals surface area contributed by atoms with Crippen molar-refractivity contribution in [3.63, 3.8) is 0 Å². The van der Waals surface area contributed by atoms with E-state index in [0.717, 1.165) is 45.9 Å². The fourth-order valence-corrected chi connectivity index (χ4v) is 4.61. The number of nitrogens with one attached hydrogen (secondary N) is 1. The van der Waals surface area contributed by atoms with E-state index in [9.17, 15) is 9.18 Å². The number of carbonyl (C=O) groups excluding carboxylic acids is 1. The number of benzene rings is 2. The molecule has 0 saturated heterocycles. The lowest BCUT2D eigenvalue weighted by Crippen LogP contribution is -2.27. The van der Waals surface area contributed by atoms with Crippen molar-refractivity contribution >= 4 is 28.6 Å². The number of halogens is 1. The number of aromatic nitrogens is 4. The standard InChI is InChI=1S/C23H22FN5OS/c1-28(13-15-6-8-16(24)9-7-15)21(30)14-31-23-27-26-22(29(23)17-10-11-17)19-12-25-20-5-3-2-4-18(19)20/h2-9,12,17,25H,10-11,13-14H2,1H3. The molecule has 2 aromatic carbocycles. The van der Waals surface area contributed by atoms with Crippen molar-refractivity contribution in [1.82, 2.24) is 24.6 Å². The predicted octanol–water partition coefficient (Wildman–Crippen LogP) is 4.65. The highest BCUT2D eigenvalue weighted by Gasteiger charge is 2.31. The van der Waals surface area contributed by atoms with Crippen molar-refractivity contribution in [2.24, 2.45) is 0 Å². The predicted molar refractivity (Wildman–Crippen MR) is 119 cm³/mol. The average Bonchev–Trinajstić information content (AvgIpc) is 3.39. The van der Waals surface area contributed by atoms with Gasteiger partial charge in [-0.15, -0.1) is 10.2 Å². The van der Waals surface area contributed by atoms with E-state index in [2.05, 4.69) is 25.8 Å². The summed E-state index contributed by atoms with van der Waals surface area (Å²) in [6, 6.07) is 14.7. The average molecular weight is 436 g/mol. The van der Waals surface area contributed by atoms with Gasteiger partial charge >= 0.3 is 0 Å². The first-order chi connectivity index (χ1) is 15.1. The van der Waals surface area contributed by atoms with Gasteiger partial charge in [-0.1, -0.05) is 42.1 Å². The SMILES string of the molecule is CN(Cc1ccc(F)cc1)C(=O)CSc1nnc(-c2c[nH]c3ccccc23)n1C1CC1. The third-order valence-corrected chi connectivity index (χ3v) is 6.42. The minimum atomic E-state index is -0.279. The van der Waals surface area contributed by atoms with Gasteiger partial charge in [0, 0.05) is 42.3 Å². The second kappa shape index (κ2) is 8.19. The van der Waals surface area contributed by atoms with Gasteiger partial charge in [0.05, 0.1) is 5.75 Å². The molecule has 6 nitrogen and oxygen atoms in total. The lowest BCUT2D eigenvalue weighted by Gasteiger charge is -2.17. The summed E-state index contributed by atoms with van der Waals surface area (Å²) in [5.74, 6) is 0.831. The second-order valence-electron chi connectivity index (χ2n) is 7.82. The van der Waals surface area contributed by atoms with E-state index in [1.807, 2.05) is 24.4 Å². The maximum absolute atomic E-state index is 13.1. The normalized spacial score (nSPS) is 13.6. The number of aromatic amines is 1. The molecule has 0 bridgehead atoms. The van der Waals surface area contributed by atoms with Crippen LogP contribution in [0.2, 0.25) is 0 Å². The van der Waals surface area contributed by atoms with Crippen molar-refractivity contribution < 1.29 is 9.18 Å². The Hall–Kier alpha value is -3.13. The van der Waals surface area contributed by atoms with E-state index in [-0.39, 0.29) is 17.5 Å². The molecule has 1 saturated carbocycles. The minimum absolute atomic E-state index is 0.00619. The highest BCUT2D eigenvalue weighted by atomic mass is 32.2. The minimum Gasteiger partial charge on any atom is -0.360 e. The Morgan fingerprint density at radius 2 is 1.97 bits per heavy atom. The molecule has 0 spiro atoms. The molecule has 1 N–H and O–H groups in total. The molecule has 5 rings (SSSR count). The lowest BCUT2D eigenvalue weighted by atomic mass is 10.1. The molecular formula is C23H22FN5OS. The van der Waals surface area contributed by atoms with Crippen LogP contribution >= 0.6 is 11.8 Å². The maximum Gasteiger partial charge on any atom is 0.233 e. The highest BCUT2D eigenvalue weighted by molar-refractivity contribution is 7.99. The summed E-state index contributed by atoms with van der Waals surface area (Å²) in [5, 5.41) is 10.8. The zero-order valence-corrected chi connectivity index (χ0v) is 17.9. The number of amides is 1. The third kappa shape index (κ3) is 4.07. The lowest BCUT2D eigenvalue weighted by molar-refractivity contribution is -0.127. The second-order valence-corrected chi connectivity index (χ2v) is 8.76. The fourth-order valence-electron chi connectivity index (χ4n) is 3.67. The summed E-state index contributed by atoms with van der Waals surface area (Å²) in [7, 11) is 1.76. The molecule has 2 heterocycles. The zero-order chi connectivity index (χ0) is 21.4. The van der Waals surface area contributed by atoms with Crippen molar-refractivity contribution in [2.75, 3.05) is 12.8 Å². The summed E-state index contributed by atoms with van der Waals surface area (Å²) < 4.78 is 15.3. The molecule has 8 heteroatoms. The summed E-state index contributed by atoms with van der Waals surface area (Å²) in [4.78, 5) is 17.6. The van der Waals surface area contributed by atoms with E-state index < -0.39 is 0 Å². The monoisotopic (exact) mass is 435 g/mol. The van der Waals surface area contributed by atoms with Crippen molar-refractivity contribution in [3.05, 3.63) is 66.1 Å². The van der Waals surface area contributed by atoms with Gasteiger partial charge in [-0.05, 0) is 36.6 Å². The van der Waals surface area contributed by atoms with Crippen LogP contribution in [0.5, 0.6) is 0 Å². The molecule has 1 aliphatic rings. The smallest absolute Gasteiger partial charge is 0.233 e. The number of thioether (sulfide) groups is 1. The number of rotatable bonds is 7. The molecule has 4 aromatic rings. The molecule has 0 atom stereocenters. The fraction of sp³-hybridized carbons (Fsp3) is 0.261. The van der Waals surface area contributed by atoms with E-state index in [0.29, 0.717) is 12.6 Å². The molecule has 0 unspecified atom stereocenters. The third-order valence-electron chi connectivity index (χ3n) is 5.49. The Bertz CT molecular complexity index is 1230. The Labute approximate surface area is 183 Å². The molecule has 1 amide bonds. The van der Waals surface area contributed by atoms with Gasteiger partial charge < -0.3 is 9.88 Å². The molecule has 158 valence electrons. The number of H-pyrrole nitrogens is 1. The topological polar surface area (TPSA) is 66.8 Å². The van der Waals surface area contributed by atoms with Crippen LogP contribution in [0.15, 0.2) is 59.9 Å². The van der Waals surface area contributed by atoms with Gasteiger partial charge in [0.1, 0.15) is 5.82 Å². The number of para-hydroxylation sites is 1. The van der Waals surface area contributed by atoms with Crippen molar-refractivity contribution in [3.8, 4) is 11.4 Å². The van der Waals surface area contributed by atoms with Crippen LogP contribution < -0.4 is 0 Å². The first kappa shape index (κ1) is 19.8. The van der Waals surface area contributed by atoms with Crippen LogP contribution in [0, 0.1) is 5.82 Å². The molecule has 1 fully saturated rings. The van der Waals surface area contributed by atoms with E-state index in [4.69, 9.17) is 0 Å². The van der Waals surface area contributed by atoms with E-state index >= 15 is 0 Å². The Morgan fingerprint density at radius 1 is 1.19 bits per heavy atom. The molecule has 2 aromatic heterocycles. The molecule has 1 aliphatic carbocycles. The number of carbonyl (C=O) groups is 1. The highest BCUT2D eigenvalue weighted by Crippen LogP contribution is 2.42. The van der Waals surface area contributed by atoms with Crippen molar-refractivity contribution in [2.45, 2.75) is 30.6 Å². The van der Waals surface area contributed by atoms with E-state index in [1.54, 1.807) is 24.1 Å². The number of hydrogen-bond acceptors (Lipinski definition) is 4. The van der Waals surface area contributed by atoms with Gasteiger partial charge in [-0.2, -0.15) is 0 Å². The number of nitrogens with zero attached hydrogens (tertiary/aromatic N) is 4. The van der Waals surface area contributed by atoms with Crippen LogP contribution in [0.3, 0.4) is 0 Å². The molecule has 0 aliphatic heterocycles. The number of hydrogen-bond donors (Lipinski definition) is 1. The first-order valence-electron chi connectivity index (χ1n) is 10.2. The van der Waals surface area contributed by atoms with Gasteiger partial charge in [0.15, 0.2) is 11.0 Å². The van der Waals surface area contributed by atoms with Gasteiger partial charge in [0.2, 0.25) is 5.91 Å². The Kier molecular flexibility index (Phi) is 5.23. The Morgan fingerprint density at radius 3 is 2.74 bits per heavy atom. The summed E-state index contributed by atoms with van der Waals surface area (Å²) in [6.07, 6.45) is 4.17. The van der Waals surface area contributed by atoms with Crippen LogP contribution in [0.1, 0.15) is 24.4 Å². The van der Waals surface area contributed by atoms with Gasteiger partial charge in [-0.3, -0.25) is 9.36 Å². The van der Waals surface area contributed by atoms with Crippen LogP contribution in [-0.4, -0.2) is 43.4 Å². The quantitative estimate of drug-likeness (QED) is 0.429. The Balaban J connectivity index is 1.32. The van der Waals surface area contributed by atoms with Gasteiger partial charge in [0.25, 0.3) is 0 Å². The van der Waals surface area contributed by atoms with Crippen LogP contribution in [0.25, 0.3) is 22.3 Å².